The molecular formula is C21H29N5O4S. The summed E-state index contributed by atoms with van der Waals surface area (Å²) in [5, 5.41) is 8.42. The minimum Gasteiger partial charge on any atom is -0.494 e. The van der Waals surface area contributed by atoms with E-state index in [0.29, 0.717) is 56.6 Å². The lowest BCUT2D eigenvalue weighted by molar-refractivity contribution is 0.122. The van der Waals surface area contributed by atoms with Crippen molar-refractivity contribution < 1.29 is 17.9 Å². The third-order valence-corrected chi connectivity index (χ3v) is 7.54. The lowest BCUT2D eigenvalue weighted by Gasteiger charge is -2.35. The van der Waals surface area contributed by atoms with Gasteiger partial charge in [0.2, 0.25) is 10.0 Å². The van der Waals surface area contributed by atoms with E-state index in [1.54, 1.807) is 28.7 Å². The summed E-state index contributed by atoms with van der Waals surface area (Å²) in [5.74, 6) is 1.55. The highest BCUT2D eigenvalue weighted by molar-refractivity contribution is 7.89. The first kappa shape index (κ1) is 21.8. The molecule has 0 amide bonds. The van der Waals surface area contributed by atoms with Crippen molar-refractivity contribution in [3.63, 3.8) is 0 Å². The van der Waals surface area contributed by atoms with Crippen LogP contribution in [0.4, 0.5) is 11.5 Å². The van der Waals surface area contributed by atoms with E-state index in [-0.39, 0.29) is 0 Å². The molecule has 31 heavy (non-hydrogen) atoms. The van der Waals surface area contributed by atoms with Crippen LogP contribution in [0, 0.1) is 6.92 Å². The van der Waals surface area contributed by atoms with E-state index in [0.717, 1.165) is 30.2 Å². The highest BCUT2D eigenvalue weighted by Gasteiger charge is 2.29. The summed E-state index contributed by atoms with van der Waals surface area (Å²) in [7, 11) is -3.55. The quantitative estimate of drug-likeness (QED) is 0.659. The number of hydrogen-bond donors (Lipinski definition) is 0. The molecule has 9 nitrogen and oxygen atoms in total. The summed E-state index contributed by atoms with van der Waals surface area (Å²) >= 11 is 0. The summed E-state index contributed by atoms with van der Waals surface area (Å²) in [5.41, 5.74) is 1.78. The van der Waals surface area contributed by atoms with Crippen molar-refractivity contribution in [1.82, 2.24) is 14.5 Å². The normalized spacial score (nSPS) is 18.3. The largest absolute Gasteiger partial charge is 0.494 e. The third-order valence-electron chi connectivity index (χ3n) is 5.65. The van der Waals surface area contributed by atoms with Gasteiger partial charge in [-0.3, -0.25) is 0 Å². The van der Waals surface area contributed by atoms with Gasteiger partial charge >= 0.3 is 0 Å². The second-order valence-corrected chi connectivity index (χ2v) is 9.56. The second kappa shape index (κ2) is 9.37. The van der Waals surface area contributed by atoms with E-state index in [4.69, 9.17) is 9.47 Å². The first-order chi connectivity index (χ1) is 15.0. The summed E-state index contributed by atoms with van der Waals surface area (Å²) in [6.07, 6.45) is 1.74. The maximum atomic E-state index is 13.1. The van der Waals surface area contributed by atoms with Gasteiger partial charge < -0.3 is 19.3 Å². The summed E-state index contributed by atoms with van der Waals surface area (Å²) < 4.78 is 38.8. The van der Waals surface area contributed by atoms with Crippen LogP contribution in [0.25, 0.3) is 0 Å². The zero-order chi connectivity index (χ0) is 21.8. The van der Waals surface area contributed by atoms with Gasteiger partial charge in [0.25, 0.3) is 0 Å². The standard InChI is InChI=1S/C21H29N5O4S/c1-3-30-20-5-4-19(14-17(20)2)31(27,28)26-8-6-24(7-9-26)18-15-21(23-22-16-18)25-10-12-29-13-11-25/h4-5,14-16H,3,6-13H2,1-2H3. The maximum absolute atomic E-state index is 13.1. The smallest absolute Gasteiger partial charge is 0.243 e. The molecule has 2 saturated heterocycles. The molecule has 0 unspecified atom stereocenters. The zero-order valence-electron chi connectivity index (χ0n) is 18.0. The molecule has 2 aliphatic heterocycles. The van der Waals surface area contributed by atoms with Crippen LogP contribution in [0.15, 0.2) is 35.4 Å². The van der Waals surface area contributed by atoms with Gasteiger partial charge in [-0.05, 0) is 37.6 Å². The van der Waals surface area contributed by atoms with Gasteiger partial charge in [0.05, 0.1) is 36.6 Å². The predicted octanol–water partition coefficient (Wildman–Crippen LogP) is 1.53. The van der Waals surface area contributed by atoms with E-state index in [9.17, 15) is 8.42 Å². The van der Waals surface area contributed by atoms with Crippen LogP contribution >= 0.6 is 0 Å². The van der Waals surface area contributed by atoms with E-state index in [1.807, 2.05) is 19.9 Å². The molecule has 0 bridgehead atoms. The first-order valence-electron chi connectivity index (χ1n) is 10.6. The van der Waals surface area contributed by atoms with Gasteiger partial charge in [0, 0.05) is 45.3 Å². The average molecular weight is 448 g/mol. The van der Waals surface area contributed by atoms with Crippen molar-refractivity contribution in [3.05, 3.63) is 36.0 Å². The van der Waals surface area contributed by atoms with Crippen molar-refractivity contribution in [2.75, 3.05) is 68.9 Å². The van der Waals surface area contributed by atoms with Crippen molar-refractivity contribution >= 4 is 21.5 Å². The molecule has 0 spiro atoms. The number of ether oxygens (including phenoxy) is 2. The van der Waals surface area contributed by atoms with Crippen molar-refractivity contribution in [3.8, 4) is 5.75 Å². The molecule has 0 N–H and O–H groups in total. The van der Waals surface area contributed by atoms with Gasteiger partial charge in [-0.25, -0.2) is 8.42 Å². The van der Waals surface area contributed by atoms with Crippen LogP contribution in [0.2, 0.25) is 0 Å². The minimum absolute atomic E-state index is 0.307. The van der Waals surface area contributed by atoms with Crippen LogP contribution in [0.5, 0.6) is 5.75 Å². The number of sulfonamides is 1. The van der Waals surface area contributed by atoms with Crippen molar-refractivity contribution in [2.24, 2.45) is 0 Å². The summed E-state index contributed by atoms with van der Waals surface area (Å²) in [6.45, 7) is 9.33. The number of anilines is 2. The van der Waals surface area contributed by atoms with Gasteiger partial charge in [-0.15, -0.1) is 5.10 Å². The molecular weight excluding hydrogens is 418 g/mol. The Morgan fingerprint density at radius 1 is 1.03 bits per heavy atom. The molecule has 4 rings (SSSR count). The lowest BCUT2D eigenvalue weighted by Crippen LogP contribution is -2.48. The monoisotopic (exact) mass is 447 g/mol. The number of morpholine rings is 1. The fourth-order valence-electron chi connectivity index (χ4n) is 3.90. The highest BCUT2D eigenvalue weighted by Crippen LogP contribution is 2.26. The van der Waals surface area contributed by atoms with Gasteiger partial charge in [-0.1, -0.05) is 0 Å². The molecule has 0 radical (unpaired) electrons. The zero-order valence-corrected chi connectivity index (χ0v) is 18.8. The number of aryl methyl sites for hydroxylation is 1. The number of hydrogen-bond acceptors (Lipinski definition) is 8. The lowest BCUT2D eigenvalue weighted by atomic mass is 10.2. The summed E-state index contributed by atoms with van der Waals surface area (Å²) in [4.78, 5) is 4.63. The molecule has 10 heteroatoms. The molecule has 1 aromatic carbocycles. The predicted molar refractivity (Wildman–Crippen MR) is 118 cm³/mol. The van der Waals surface area contributed by atoms with Crippen LogP contribution < -0.4 is 14.5 Å². The van der Waals surface area contributed by atoms with Gasteiger partial charge in [0.1, 0.15) is 5.75 Å². The SMILES string of the molecule is CCOc1ccc(S(=O)(=O)N2CCN(c3cnnc(N4CCOCC4)c3)CC2)cc1C. The van der Waals surface area contributed by atoms with E-state index < -0.39 is 10.0 Å². The Morgan fingerprint density at radius 2 is 1.77 bits per heavy atom. The molecule has 2 fully saturated rings. The third kappa shape index (κ3) is 4.76. The van der Waals surface area contributed by atoms with E-state index in [2.05, 4.69) is 20.0 Å². The van der Waals surface area contributed by atoms with Gasteiger partial charge in [-0.2, -0.15) is 9.40 Å². The topological polar surface area (TPSA) is 88.1 Å². The van der Waals surface area contributed by atoms with E-state index >= 15 is 0 Å². The summed E-state index contributed by atoms with van der Waals surface area (Å²) in [6, 6.07) is 7.07. The van der Waals surface area contributed by atoms with Crippen LogP contribution in [0.3, 0.4) is 0 Å². The Balaban J connectivity index is 1.43. The first-order valence-corrected chi connectivity index (χ1v) is 12.1. The van der Waals surface area contributed by atoms with Gasteiger partial charge in [0.15, 0.2) is 5.82 Å². The Hall–Kier alpha value is -2.43. The average Bonchev–Trinajstić information content (AvgIpc) is 2.81. The minimum atomic E-state index is -3.55. The molecule has 2 aromatic rings. The Labute approximate surface area is 183 Å². The fraction of sp³-hybridized carbons (Fsp3) is 0.524. The molecule has 168 valence electrons. The number of aromatic nitrogens is 2. The molecule has 2 aliphatic rings. The second-order valence-electron chi connectivity index (χ2n) is 7.62. The van der Waals surface area contributed by atoms with Crippen LogP contribution in [-0.2, 0) is 14.8 Å². The Kier molecular flexibility index (Phi) is 6.59. The fourth-order valence-corrected chi connectivity index (χ4v) is 5.41. The number of rotatable bonds is 6. The maximum Gasteiger partial charge on any atom is 0.243 e. The molecule has 0 aliphatic carbocycles. The molecule has 0 atom stereocenters. The highest BCUT2D eigenvalue weighted by atomic mass is 32.2. The van der Waals surface area contributed by atoms with Crippen LogP contribution in [0.1, 0.15) is 12.5 Å². The molecule has 1 aromatic heterocycles. The molecule has 3 heterocycles. The van der Waals surface area contributed by atoms with Crippen molar-refractivity contribution in [1.29, 1.82) is 0 Å². The Morgan fingerprint density at radius 3 is 2.45 bits per heavy atom. The Bertz CT molecular complexity index is 1000. The molecule has 0 saturated carbocycles. The van der Waals surface area contributed by atoms with E-state index in [1.165, 1.54) is 0 Å². The van der Waals surface area contributed by atoms with Crippen molar-refractivity contribution in [2.45, 2.75) is 18.7 Å². The van der Waals surface area contributed by atoms with Crippen LogP contribution in [-0.4, -0.2) is 82.0 Å². The number of benzene rings is 1. The number of piperazine rings is 1. The number of nitrogens with zero attached hydrogens (tertiary/aromatic N) is 5.